The van der Waals surface area contributed by atoms with Crippen molar-refractivity contribution in [3.05, 3.63) is 45.6 Å². The number of benzene rings is 1. The minimum absolute atomic E-state index is 0.276. The van der Waals surface area contributed by atoms with Gasteiger partial charge in [0.25, 0.3) is 0 Å². The van der Waals surface area contributed by atoms with Crippen molar-refractivity contribution in [1.82, 2.24) is 15.0 Å². The molecule has 0 spiro atoms. The molecule has 0 saturated heterocycles. The van der Waals surface area contributed by atoms with Gasteiger partial charge in [0.2, 0.25) is 0 Å². The fourth-order valence-electron chi connectivity index (χ4n) is 1.49. The van der Waals surface area contributed by atoms with E-state index in [0.29, 0.717) is 16.7 Å². The third-order valence-electron chi connectivity index (χ3n) is 2.42. The third-order valence-corrected chi connectivity index (χ3v) is 2.65. The maximum atomic E-state index is 11.6. The average Bonchev–Trinajstić information content (AvgIpc) is 2.27. The molecule has 0 amide bonds. The van der Waals surface area contributed by atoms with Crippen molar-refractivity contribution in [2.75, 3.05) is 0 Å². The first-order chi connectivity index (χ1) is 8.36. The number of halogens is 1. The van der Waals surface area contributed by atoms with Gasteiger partial charge in [-0.2, -0.15) is 4.98 Å². The van der Waals surface area contributed by atoms with Gasteiger partial charge in [-0.05, 0) is 12.1 Å². The van der Waals surface area contributed by atoms with E-state index in [2.05, 4.69) is 15.0 Å². The van der Waals surface area contributed by atoms with Crippen LogP contribution in [0.4, 0.5) is 0 Å². The highest BCUT2D eigenvalue weighted by atomic mass is 35.5. The largest absolute Gasteiger partial charge is 0.348 e. The van der Waals surface area contributed by atoms with Crippen molar-refractivity contribution < 1.29 is 0 Å². The number of nitrogens with one attached hydrogen (secondary N) is 1. The van der Waals surface area contributed by atoms with Crippen LogP contribution in [0.15, 0.2) is 29.1 Å². The Kier molecular flexibility index (Phi) is 3.22. The molecule has 0 aliphatic rings. The number of nitrogens with zero attached hydrogens (tertiary/aromatic N) is 2. The maximum Gasteiger partial charge on any atom is 0.348 e. The van der Waals surface area contributed by atoms with E-state index in [1.54, 1.807) is 12.1 Å². The zero-order valence-electron chi connectivity index (χ0n) is 10.5. The van der Waals surface area contributed by atoms with E-state index in [1.807, 2.05) is 32.9 Å². The van der Waals surface area contributed by atoms with Crippen LogP contribution in [0.2, 0.25) is 5.02 Å². The van der Waals surface area contributed by atoms with E-state index in [-0.39, 0.29) is 5.41 Å². The maximum absolute atomic E-state index is 11.6. The first-order valence-electron chi connectivity index (χ1n) is 5.61. The lowest BCUT2D eigenvalue weighted by molar-refractivity contribution is 0.539. The fourth-order valence-corrected chi connectivity index (χ4v) is 1.68. The van der Waals surface area contributed by atoms with Crippen LogP contribution in [0, 0.1) is 0 Å². The van der Waals surface area contributed by atoms with Crippen molar-refractivity contribution in [3.63, 3.8) is 0 Å². The molecule has 0 radical (unpaired) electrons. The van der Waals surface area contributed by atoms with Crippen LogP contribution in [0.1, 0.15) is 26.6 Å². The van der Waals surface area contributed by atoms with Crippen molar-refractivity contribution in [2.45, 2.75) is 26.2 Å². The summed E-state index contributed by atoms with van der Waals surface area (Å²) >= 11 is 5.93. The van der Waals surface area contributed by atoms with Crippen molar-refractivity contribution in [2.24, 2.45) is 0 Å². The molecule has 18 heavy (non-hydrogen) atoms. The SMILES string of the molecule is CC(C)(C)c1nc(-c2cccc(Cl)c2)[nH]c(=O)n1. The van der Waals surface area contributed by atoms with Crippen molar-refractivity contribution in [3.8, 4) is 11.4 Å². The van der Waals surface area contributed by atoms with Gasteiger partial charge in [-0.3, -0.25) is 4.98 Å². The van der Waals surface area contributed by atoms with Gasteiger partial charge in [-0.15, -0.1) is 0 Å². The summed E-state index contributed by atoms with van der Waals surface area (Å²) in [5.41, 5.74) is 0.0964. The summed E-state index contributed by atoms with van der Waals surface area (Å²) in [6, 6.07) is 7.19. The number of rotatable bonds is 1. The Morgan fingerprint density at radius 2 is 1.94 bits per heavy atom. The molecule has 1 heterocycles. The molecule has 0 atom stereocenters. The highest BCUT2D eigenvalue weighted by molar-refractivity contribution is 6.30. The Balaban J connectivity index is 2.59. The normalized spacial score (nSPS) is 11.6. The van der Waals surface area contributed by atoms with Crippen LogP contribution in [0.5, 0.6) is 0 Å². The minimum Gasteiger partial charge on any atom is -0.290 e. The van der Waals surface area contributed by atoms with Crippen LogP contribution in [-0.2, 0) is 5.41 Å². The number of H-pyrrole nitrogens is 1. The third kappa shape index (κ3) is 2.76. The van der Waals surface area contributed by atoms with Gasteiger partial charge in [0.1, 0.15) is 11.6 Å². The number of hydrogen-bond acceptors (Lipinski definition) is 3. The molecular weight excluding hydrogens is 250 g/mol. The van der Waals surface area contributed by atoms with Crippen LogP contribution in [0.25, 0.3) is 11.4 Å². The van der Waals surface area contributed by atoms with Gasteiger partial charge in [-0.1, -0.05) is 44.5 Å². The molecule has 2 aromatic rings. The monoisotopic (exact) mass is 263 g/mol. The van der Waals surface area contributed by atoms with Crippen LogP contribution in [0.3, 0.4) is 0 Å². The van der Waals surface area contributed by atoms with Gasteiger partial charge in [0.05, 0.1) is 0 Å². The number of hydrogen-bond donors (Lipinski definition) is 1. The Bertz CT molecular complexity index is 629. The Hall–Kier alpha value is -1.68. The highest BCUT2D eigenvalue weighted by Crippen LogP contribution is 2.21. The smallest absolute Gasteiger partial charge is 0.290 e. The lowest BCUT2D eigenvalue weighted by Gasteiger charge is -2.16. The second-order valence-corrected chi connectivity index (χ2v) is 5.52. The number of aromatic amines is 1. The molecule has 0 bridgehead atoms. The first kappa shape index (κ1) is 12.8. The van der Waals surface area contributed by atoms with E-state index in [4.69, 9.17) is 11.6 Å². The summed E-state index contributed by atoms with van der Waals surface area (Å²) in [6.07, 6.45) is 0. The summed E-state index contributed by atoms with van der Waals surface area (Å²) in [6.45, 7) is 5.89. The molecule has 2 rings (SSSR count). The molecule has 0 aliphatic heterocycles. The lowest BCUT2D eigenvalue weighted by Crippen LogP contribution is -2.24. The lowest BCUT2D eigenvalue weighted by atomic mass is 9.96. The molecule has 0 aliphatic carbocycles. The van der Waals surface area contributed by atoms with Crippen molar-refractivity contribution in [1.29, 1.82) is 0 Å². The van der Waals surface area contributed by atoms with E-state index in [0.717, 1.165) is 5.56 Å². The van der Waals surface area contributed by atoms with Crippen LogP contribution in [-0.4, -0.2) is 15.0 Å². The zero-order valence-corrected chi connectivity index (χ0v) is 11.2. The summed E-state index contributed by atoms with van der Waals surface area (Å²) in [5, 5.41) is 0.601. The second kappa shape index (κ2) is 4.53. The topological polar surface area (TPSA) is 58.6 Å². The van der Waals surface area contributed by atoms with Crippen LogP contribution < -0.4 is 5.69 Å². The Morgan fingerprint density at radius 3 is 2.56 bits per heavy atom. The zero-order chi connectivity index (χ0) is 13.3. The Morgan fingerprint density at radius 1 is 1.22 bits per heavy atom. The summed E-state index contributed by atoms with van der Waals surface area (Å²) in [7, 11) is 0. The molecule has 1 aromatic carbocycles. The molecular formula is C13H14ClN3O. The molecule has 1 aromatic heterocycles. The summed E-state index contributed by atoms with van der Waals surface area (Å²) in [4.78, 5) is 22.5. The average molecular weight is 264 g/mol. The summed E-state index contributed by atoms with van der Waals surface area (Å²) < 4.78 is 0. The highest BCUT2D eigenvalue weighted by Gasteiger charge is 2.19. The molecule has 94 valence electrons. The van der Waals surface area contributed by atoms with Gasteiger partial charge in [-0.25, -0.2) is 9.78 Å². The van der Waals surface area contributed by atoms with E-state index in [9.17, 15) is 4.79 Å². The van der Waals surface area contributed by atoms with Gasteiger partial charge < -0.3 is 0 Å². The molecule has 5 heteroatoms. The quantitative estimate of drug-likeness (QED) is 0.861. The van der Waals surface area contributed by atoms with E-state index in [1.165, 1.54) is 0 Å². The predicted molar refractivity (Wildman–Crippen MR) is 71.8 cm³/mol. The van der Waals surface area contributed by atoms with Gasteiger partial charge in [0.15, 0.2) is 0 Å². The summed E-state index contributed by atoms with van der Waals surface area (Å²) in [5.74, 6) is 1.00. The van der Waals surface area contributed by atoms with Gasteiger partial charge >= 0.3 is 5.69 Å². The molecule has 0 fully saturated rings. The standard InChI is InChI=1S/C13H14ClN3O/c1-13(2,3)11-15-10(16-12(18)17-11)8-5-4-6-9(14)7-8/h4-7H,1-3H3,(H,15,16,17,18). The van der Waals surface area contributed by atoms with Crippen LogP contribution >= 0.6 is 11.6 Å². The first-order valence-corrected chi connectivity index (χ1v) is 5.99. The predicted octanol–water partition coefficient (Wildman–Crippen LogP) is 2.78. The minimum atomic E-state index is -0.398. The van der Waals surface area contributed by atoms with Crippen molar-refractivity contribution >= 4 is 11.6 Å². The second-order valence-electron chi connectivity index (χ2n) is 5.09. The fraction of sp³-hybridized carbons (Fsp3) is 0.308. The molecule has 4 nitrogen and oxygen atoms in total. The van der Waals surface area contributed by atoms with Gasteiger partial charge in [0, 0.05) is 16.0 Å². The van der Waals surface area contributed by atoms with E-state index >= 15 is 0 Å². The molecule has 0 saturated carbocycles. The molecule has 0 unspecified atom stereocenters. The molecule has 1 N–H and O–H groups in total. The number of aromatic nitrogens is 3. The van der Waals surface area contributed by atoms with E-state index < -0.39 is 5.69 Å². The Labute approximate surface area is 110 Å².